The summed E-state index contributed by atoms with van der Waals surface area (Å²) in [6, 6.07) is 0.118. The van der Waals surface area contributed by atoms with E-state index in [2.05, 4.69) is 5.32 Å². The molecule has 0 bridgehead atoms. The Kier molecular flexibility index (Phi) is 8.34. The summed E-state index contributed by atoms with van der Waals surface area (Å²) in [4.78, 5) is 22.9. The SMILES string of the molecule is CC(=O)OCCSC[C@H](NC(C)C)C(=O)C(C)(C)C. The minimum Gasteiger partial charge on any atom is -0.465 e. The van der Waals surface area contributed by atoms with Crippen molar-refractivity contribution in [1.29, 1.82) is 0 Å². The Morgan fingerprint density at radius 1 is 1.26 bits per heavy atom. The smallest absolute Gasteiger partial charge is 0.302 e. The van der Waals surface area contributed by atoms with Crippen molar-refractivity contribution in [2.45, 2.75) is 53.6 Å². The molecule has 0 aromatic rings. The van der Waals surface area contributed by atoms with Gasteiger partial charge in [0.15, 0.2) is 5.78 Å². The predicted octanol–water partition coefficient (Wildman–Crippen LogP) is 2.26. The van der Waals surface area contributed by atoms with Crippen molar-refractivity contribution in [2.24, 2.45) is 5.41 Å². The minimum atomic E-state index is -0.344. The van der Waals surface area contributed by atoms with Crippen LogP contribution in [0.5, 0.6) is 0 Å². The van der Waals surface area contributed by atoms with Crippen molar-refractivity contribution in [1.82, 2.24) is 5.32 Å². The monoisotopic (exact) mass is 289 g/mol. The Balaban J connectivity index is 4.22. The van der Waals surface area contributed by atoms with Crippen LogP contribution >= 0.6 is 11.8 Å². The summed E-state index contributed by atoms with van der Waals surface area (Å²) in [6.45, 7) is 11.7. The zero-order valence-electron chi connectivity index (χ0n) is 12.9. The number of hydrogen-bond donors (Lipinski definition) is 1. The van der Waals surface area contributed by atoms with Gasteiger partial charge in [-0.2, -0.15) is 11.8 Å². The molecule has 0 heterocycles. The molecule has 19 heavy (non-hydrogen) atoms. The first-order chi connectivity index (χ1) is 8.64. The Morgan fingerprint density at radius 2 is 1.84 bits per heavy atom. The van der Waals surface area contributed by atoms with E-state index in [1.807, 2.05) is 34.6 Å². The molecular formula is C14H27NO3S. The van der Waals surface area contributed by atoms with Crippen molar-refractivity contribution in [3.05, 3.63) is 0 Å². The number of thioether (sulfide) groups is 1. The number of esters is 1. The molecular weight excluding hydrogens is 262 g/mol. The molecule has 0 spiro atoms. The Bertz CT molecular complexity index is 298. The summed E-state index contributed by atoms with van der Waals surface area (Å²) in [5.74, 6) is 1.38. The van der Waals surface area contributed by atoms with E-state index < -0.39 is 0 Å². The van der Waals surface area contributed by atoms with E-state index in [-0.39, 0.29) is 29.3 Å². The van der Waals surface area contributed by atoms with Gasteiger partial charge in [-0.25, -0.2) is 0 Å². The second kappa shape index (κ2) is 8.59. The summed E-state index contributed by atoms with van der Waals surface area (Å²) < 4.78 is 4.87. The highest BCUT2D eigenvalue weighted by atomic mass is 32.2. The average Bonchev–Trinajstić information content (AvgIpc) is 2.23. The lowest BCUT2D eigenvalue weighted by atomic mass is 9.87. The molecule has 5 heteroatoms. The van der Waals surface area contributed by atoms with Crippen LogP contribution in [0.3, 0.4) is 0 Å². The molecule has 0 aromatic carbocycles. The van der Waals surface area contributed by atoms with Crippen LogP contribution in [0.2, 0.25) is 0 Å². The van der Waals surface area contributed by atoms with Gasteiger partial charge in [0.2, 0.25) is 0 Å². The Hall–Kier alpha value is -0.550. The first-order valence-electron chi connectivity index (χ1n) is 6.66. The molecule has 0 fully saturated rings. The average molecular weight is 289 g/mol. The quantitative estimate of drug-likeness (QED) is 0.549. The van der Waals surface area contributed by atoms with Crippen molar-refractivity contribution in [3.8, 4) is 0 Å². The highest BCUT2D eigenvalue weighted by Gasteiger charge is 2.29. The van der Waals surface area contributed by atoms with Gasteiger partial charge in [0.1, 0.15) is 6.61 Å². The lowest BCUT2D eigenvalue weighted by Gasteiger charge is -2.27. The van der Waals surface area contributed by atoms with Gasteiger partial charge in [0, 0.05) is 29.9 Å². The molecule has 0 aliphatic carbocycles. The molecule has 0 amide bonds. The van der Waals surface area contributed by atoms with Crippen LogP contribution in [0.15, 0.2) is 0 Å². The Morgan fingerprint density at radius 3 is 2.26 bits per heavy atom. The number of carbonyl (C=O) groups is 2. The zero-order chi connectivity index (χ0) is 15.1. The van der Waals surface area contributed by atoms with Crippen LogP contribution in [0.1, 0.15) is 41.5 Å². The van der Waals surface area contributed by atoms with Gasteiger partial charge < -0.3 is 10.1 Å². The molecule has 0 radical (unpaired) electrons. The molecule has 4 nitrogen and oxygen atoms in total. The number of Topliss-reactive ketones (excluding diaryl/α,β-unsaturated/α-hetero) is 1. The standard InChI is InChI=1S/C14H27NO3S/c1-10(2)15-12(13(17)14(4,5)6)9-19-8-7-18-11(3)16/h10,12,15H,7-9H2,1-6H3/t12-/m0/s1. The van der Waals surface area contributed by atoms with Crippen LogP contribution < -0.4 is 5.32 Å². The molecule has 0 aliphatic rings. The number of hydrogen-bond acceptors (Lipinski definition) is 5. The fourth-order valence-corrected chi connectivity index (χ4v) is 2.42. The first kappa shape index (κ1) is 18.4. The summed E-state index contributed by atoms with van der Waals surface area (Å²) in [7, 11) is 0. The van der Waals surface area contributed by atoms with Crippen molar-refractivity contribution in [3.63, 3.8) is 0 Å². The molecule has 0 saturated heterocycles. The van der Waals surface area contributed by atoms with Gasteiger partial charge in [0.25, 0.3) is 0 Å². The maximum Gasteiger partial charge on any atom is 0.302 e. The normalized spacial score (nSPS) is 13.4. The van der Waals surface area contributed by atoms with Crippen LogP contribution in [0.25, 0.3) is 0 Å². The molecule has 0 aliphatic heterocycles. The summed E-state index contributed by atoms with van der Waals surface area (Å²) in [5, 5.41) is 3.31. The molecule has 0 aromatic heterocycles. The van der Waals surface area contributed by atoms with Crippen LogP contribution in [-0.2, 0) is 14.3 Å². The predicted molar refractivity (Wildman–Crippen MR) is 80.5 cm³/mol. The van der Waals surface area contributed by atoms with Crippen LogP contribution in [0.4, 0.5) is 0 Å². The fourth-order valence-electron chi connectivity index (χ4n) is 1.57. The number of ketones is 1. The van der Waals surface area contributed by atoms with Crippen LogP contribution in [-0.4, -0.2) is 41.9 Å². The van der Waals surface area contributed by atoms with E-state index in [1.165, 1.54) is 6.92 Å². The fraction of sp³-hybridized carbons (Fsp3) is 0.857. The van der Waals surface area contributed by atoms with Crippen molar-refractivity contribution >= 4 is 23.5 Å². The minimum absolute atomic E-state index is 0.151. The molecule has 112 valence electrons. The summed E-state index contributed by atoms with van der Waals surface area (Å²) in [6.07, 6.45) is 0. The topological polar surface area (TPSA) is 55.4 Å². The van der Waals surface area contributed by atoms with Gasteiger partial charge >= 0.3 is 5.97 Å². The van der Waals surface area contributed by atoms with Gasteiger partial charge in [-0.05, 0) is 0 Å². The van der Waals surface area contributed by atoms with E-state index in [9.17, 15) is 9.59 Å². The third kappa shape index (κ3) is 9.05. The Labute approximate surface area is 121 Å². The highest BCUT2D eigenvalue weighted by Crippen LogP contribution is 2.19. The number of nitrogens with one attached hydrogen (secondary N) is 1. The number of rotatable bonds is 8. The molecule has 1 N–H and O–H groups in total. The van der Waals surface area contributed by atoms with Crippen LogP contribution in [0, 0.1) is 5.41 Å². The number of carbonyl (C=O) groups excluding carboxylic acids is 2. The molecule has 1 atom stereocenters. The van der Waals surface area contributed by atoms with E-state index in [0.29, 0.717) is 18.1 Å². The van der Waals surface area contributed by atoms with Gasteiger partial charge in [0.05, 0.1) is 6.04 Å². The van der Waals surface area contributed by atoms with E-state index in [0.717, 1.165) is 0 Å². The molecule has 0 rings (SSSR count). The maximum absolute atomic E-state index is 12.3. The highest BCUT2D eigenvalue weighted by molar-refractivity contribution is 7.99. The van der Waals surface area contributed by atoms with Crippen molar-refractivity contribution < 1.29 is 14.3 Å². The van der Waals surface area contributed by atoms with E-state index >= 15 is 0 Å². The van der Waals surface area contributed by atoms with Gasteiger partial charge in [-0.3, -0.25) is 9.59 Å². The second-order valence-electron chi connectivity index (χ2n) is 5.90. The summed E-state index contributed by atoms with van der Waals surface area (Å²) in [5.41, 5.74) is -0.344. The molecule has 0 saturated carbocycles. The maximum atomic E-state index is 12.3. The van der Waals surface area contributed by atoms with Gasteiger partial charge in [-0.15, -0.1) is 0 Å². The zero-order valence-corrected chi connectivity index (χ0v) is 13.7. The lowest BCUT2D eigenvalue weighted by molar-refractivity contribution is -0.140. The van der Waals surface area contributed by atoms with Gasteiger partial charge in [-0.1, -0.05) is 34.6 Å². The van der Waals surface area contributed by atoms with Crippen molar-refractivity contribution in [2.75, 3.05) is 18.1 Å². The largest absolute Gasteiger partial charge is 0.465 e. The summed E-state index contributed by atoms with van der Waals surface area (Å²) >= 11 is 1.63. The number of ether oxygens (including phenoxy) is 1. The lowest BCUT2D eigenvalue weighted by Crippen LogP contribution is -2.47. The van der Waals surface area contributed by atoms with E-state index in [1.54, 1.807) is 11.8 Å². The third-order valence-electron chi connectivity index (χ3n) is 2.41. The van der Waals surface area contributed by atoms with E-state index in [4.69, 9.17) is 4.74 Å². The third-order valence-corrected chi connectivity index (χ3v) is 3.43. The second-order valence-corrected chi connectivity index (χ2v) is 7.05. The molecule has 0 unspecified atom stereocenters. The first-order valence-corrected chi connectivity index (χ1v) is 7.81.